The second-order valence-electron chi connectivity index (χ2n) is 5.68. The molecule has 0 radical (unpaired) electrons. The van der Waals surface area contributed by atoms with Crippen molar-refractivity contribution in [1.82, 2.24) is 9.97 Å². The van der Waals surface area contributed by atoms with Crippen molar-refractivity contribution in [3.05, 3.63) is 41.4 Å². The molecule has 0 atom stereocenters. The lowest BCUT2D eigenvalue weighted by Crippen LogP contribution is -2.24. The quantitative estimate of drug-likeness (QED) is 0.773. The van der Waals surface area contributed by atoms with E-state index in [4.69, 9.17) is 9.47 Å². The number of halogens is 1. The number of rotatable bonds is 4. The second kappa shape index (κ2) is 6.87. The molecule has 2 heterocycles. The molecule has 0 saturated heterocycles. The maximum Gasteiger partial charge on any atom is 0.509 e. The molecular formula is C16H17FN2O3S. The predicted molar refractivity (Wildman–Crippen MR) is 86.4 cm³/mol. The van der Waals surface area contributed by atoms with Crippen molar-refractivity contribution in [3.8, 4) is 10.6 Å². The maximum absolute atomic E-state index is 13.3. The topological polar surface area (TPSA) is 61.3 Å². The minimum Gasteiger partial charge on any atom is -0.429 e. The summed E-state index contributed by atoms with van der Waals surface area (Å²) < 4.78 is 23.4. The fourth-order valence-corrected chi connectivity index (χ4v) is 2.64. The minimum atomic E-state index is -0.755. The molecule has 0 aliphatic carbocycles. The Kier molecular flexibility index (Phi) is 5.10. The fraction of sp³-hybridized carbons (Fsp3) is 0.312. The van der Waals surface area contributed by atoms with Crippen LogP contribution in [-0.2, 0) is 16.1 Å². The number of nitrogens with zero attached hydrogens (tertiary/aromatic N) is 2. The van der Waals surface area contributed by atoms with Gasteiger partial charge >= 0.3 is 6.16 Å². The molecule has 2 aromatic rings. The van der Waals surface area contributed by atoms with Crippen LogP contribution in [0.3, 0.4) is 0 Å². The van der Waals surface area contributed by atoms with Gasteiger partial charge < -0.3 is 9.47 Å². The molecule has 122 valence electrons. The normalized spacial score (nSPS) is 11.1. The van der Waals surface area contributed by atoms with Crippen molar-refractivity contribution in [3.63, 3.8) is 0 Å². The third-order valence-electron chi connectivity index (χ3n) is 2.58. The molecule has 0 N–H and O–H groups in total. The summed E-state index contributed by atoms with van der Waals surface area (Å²) in [7, 11) is 0. The first-order chi connectivity index (χ1) is 10.8. The van der Waals surface area contributed by atoms with E-state index in [0.717, 1.165) is 6.20 Å². The highest BCUT2D eigenvalue weighted by Gasteiger charge is 2.19. The van der Waals surface area contributed by atoms with Gasteiger partial charge in [0.1, 0.15) is 23.0 Å². The molecule has 0 aliphatic rings. The summed E-state index contributed by atoms with van der Waals surface area (Å²) in [5, 5.41) is 0.578. The predicted octanol–water partition coefficient (Wildman–Crippen LogP) is 4.44. The zero-order valence-electron chi connectivity index (χ0n) is 13.1. The van der Waals surface area contributed by atoms with Crippen molar-refractivity contribution in [1.29, 1.82) is 0 Å². The standard InChI is InChI=1S/C16H17FN2O3S/c1-5-12-13(9-21-15(20)22-16(2,3)4)23-14(19-12)10-6-11(17)8-18-7-10/h5-8H,1,9H2,2-4H3. The van der Waals surface area contributed by atoms with E-state index in [0.29, 0.717) is 21.1 Å². The van der Waals surface area contributed by atoms with Gasteiger partial charge in [-0.2, -0.15) is 0 Å². The summed E-state index contributed by atoms with van der Waals surface area (Å²) in [5.41, 5.74) is 0.518. The van der Waals surface area contributed by atoms with Crippen LogP contribution in [0.1, 0.15) is 31.3 Å². The summed E-state index contributed by atoms with van der Waals surface area (Å²) in [4.78, 5) is 20.5. The van der Waals surface area contributed by atoms with Gasteiger partial charge in [0.2, 0.25) is 0 Å². The van der Waals surface area contributed by atoms with Crippen LogP contribution in [0.5, 0.6) is 0 Å². The van der Waals surface area contributed by atoms with Crippen molar-refractivity contribution in [2.24, 2.45) is 0 Å². The molecule has 0 spiro atoms. The number of hydrogen-bond donors (Lipinski definition) is 0. The summed E-state index contributed by atoms with van der Waals surface area (Å²) in [6.45, 7) is 8.96. The van der Waals surface area contributed by atoms with E-state index in [1.165, 1.54) is 23.6 Å². The van der Waals surface area contributed by atoms with Gasteiger partial charge in [-0.25, -0.2) is 14.2 Å². The first kappa shape index (κ1) is 17.1. The van der Waals surface area contributed by atoms with Crippen LogP contribution < -0.4 is 0 Å². The Morgan fingerprint density at radius 1 is 1.43 bits per heavy atom. The van der Waals surface area contributed by atoms with Crippen LogP contribution in [0.4, 0.5) is 9.18 Å². The Bertz CT molecular complexity index is 722. The number of carbonyl (C=O) groups is 1. The number of aromatic nitrogens is 2. The molecule has 0 fully saturated rings. The average Bonchev–Trinajstić information content (AvgIpc) is 2.86. The highest BCUT2D eigenvalue weighted by atomic mass is 32.1. The SMILES string of the molecule is C=Cc1nc(-c2cncc(F)c2)sc1COC(=O)OC(C)(C)C. The van der Waals surface area contributed by atoms with Crippen molar-refractivity contribution >= 4 is 23.6 Å². The lowest BCUT2D eigenvalue weighted by atomic mass is 10.2. The molecule has 7 heteroatoms. The Balaban J connectivity index is 2.14. The number of hydrogen-bond acceptors (Lipinski definition) is 6. The number of ether oxygens (including phenoxy) is 2. The number of pyridine rings is 1. The first-order valence-corrected chi connectivity index (χ1v) is 7.69. The van der Waals surface area contributed by atoms with Crippen LogP contribution in [0.25, 0.3) is 16.6 Å². The van der Waals surface area contributed by atoms with Gasteiger partial charge in [-0.05, 0) is 32.9 Å². The molecule has 0 bridgehead atoms. The molecule has 23 heavy (non-hydrogen) atoms. The maximum atomic E-state index is 13.3. The molecule has 0 aromatic carbocycles. The van der Waals surface area contributed by atoms with Crippen LogP contribution in [0.15, 0.2) is 25.0 Å². The Labute approximate surface area is 137 Å². The van der Waals surface area contributed by atoms with Gasteiger partial charge in [-0.3, -0.25) is 4.98 Å². The smallest absolute Gasteiger partial charge is 0.429 e. The van der Waals surface area contributed by atoms with E-state index in [1.54, 1.807) is 26.8 Å². The Hall–Kier alpha value is -2.28. The zero-order chi connectivity index (χ0) is 17.0. The Morgan fingerprint density at radius 3 is 2.78 bits per heavy atom. The van der Waals surface area contributed by atoms with Gasteiger partial charge in [0.15, 0.2) is 0 Å². The van der Waals surface area contributed by atoms with Crippen LogP contribution in [0, 0.1) is 5.82 Å². The van der Waals surface area contributed by atoms with E-state index >= 15 is 0 Å². The van der Waals surface area contributed by atoms with Gasteiger partial charge in [0.25, 0.3) is 0 Å². The molecule has 2 rings (SSSR count). The first-order valence-electron chi connectivity index (χ1n) is 6.87. The van der Waals surface area contributed by atoms with Crippen LogP contribution >= 0.6 is 11.3 Å². The molecule has 0 amide bonds. The van der Waals surface area contributed by atoms with Crippen molar-refractivity contribution in [2.45, 2.75) is 33.0 Å². The molecular weight excluding hydrogens is 319 g/mol. The summed E-state index contributed by atoms with van der Waals surface area (Å²) in [6, 6.07) is 1.34. The largest absolute Gasteiger partial charge is 0.509 e. The highest BCUT2D eigenvalue weighted by Crippen LogP contribution is 2.29. The third-order valence-corrected chi connectivity index (χ3v) is 3.68. The molecule has 0 unspecified atom stereocenters. The lowest BCUT2D eigenvalue weighted by molar-refractivity contribution is -0.0104. The average molecular weight is 336 g/mol. The van der Waals surface area contributed by atoms with Crippen molar-refractivity contribution < 1.29 is 18.7 Å². The summed E-state index contributed by atoms with van der Waals surface area (Å²) in [6.07, 6.45) is 3.45. The van der Waals surface area contributed by atoms with E-state index in [1.807, 2.05) is 0 Å². The van der Waals surface area contributed by atoms with E-state index in [9.17, 15) is 9.18 Å². The number of carbonyl (C=O) groups excluding carboxylic acids is 1. The monoisotopic (exact) mass is 336 g/mol. The number of thiazole rings is 1. The van der Waals surface area contributed by atoms with Gasteiger partial charge in [-0.1, -0.05) is 6.58 Å². The second-order valence-corrected chi connectivity index (χ2v) is 6.76. The van der Waals surface area contributed by atoms with Gasteiger partial charge in [-0.15, -0.1) is 11.3 Å². The van der Waals surface area contributed by atoms with Gasteiger partial charge in [0.05, 0.1) is 16.8 Å². The third kappa shape index (κ3) is 4.85. The van der Waals surface area contributed by atoms with E-state index < -0.39 is 17.6 Å². The fourth-order valence-electron chi connectivity index (χ4n) is 1.68. The van der Waals surface area contributed by atoms with Crippen molar-refractivity contribution in [2.75, 3.05) is 0 Å². The highest BCUT2D eigenvalue weighted by molar-refractivity contribution is 7.15. The lowest BCUT2D eigenvalue weighted by Gasteiger charge is -2.18. The molecule has 2 aromatic heterocycles. The molecule has 0 saturated carbocycles. The Morgan fingerprint density at radius 2 is 2.17 bits per heavy atom. The van der Waals surface area contributed by atoms with E-state index in [-0.39, 0.29) is 6.61 Å². The summed E-state index contributed by atoms with van der Waals surface area (Å²) in [5.74, 6) is -0.440. The molecule has 5 nitrogen and oxygen atoms in total. The summed E-state index contributed by atoms with van der Waals surface area (Å²) >= 11 is 1.28. The zero-order valence-corrected chi connectivity index (χ0v) is 13.9. The van der Waals surface area contributed by atoms with Gasteiger partial charge in [0, 0.05) is 11.8 Å². The molecule has 0 aliphatic heterocycles. The van der Waals surface area contributed by atoms with Crippen LogP contribution in [0.2, 0.25) is 0 Å². The van der Waals surface area contributed by atoms with Crippen LogP contribution in [-0.4, -0.2) is 21.7 Å². The minimum absolute atomic E-state index is 0.0106. The van der Waals surface area contributed by atoms with E-state index in [2.05, 4.69) is 16.5 Å².